The molecule has 0 aliphatic heterocycles. The van der Waals surface area contributed by atoms with Crippen molar-refractivity contribution in [1.29, 1.82) is 0 Å². The van der Waals surface area contributed by atoms with E-state index in [4.69, 9.17) is 0 Å². The van der Waals surface area contributed by atoms with E-state index < -0.39 is 5.60 Å². The van der Waals surface area contributed by atoms with Crippen molar-refractivity contribution in [2.24, 2.45) is 17.8 Å². The molecule has 0 aromatic rings. The second-order valence-corrected chi connectivity index (χ2v) is 6.27. The van der Waals surface area contributed by atoms with E-state index in [0.29, 0.717) is 18.4 Å². The van der Waals surface area contributed by atoms with Gasteiger partial charge in [-0.1, -0.05) is 26.7 Å². The van der Waals surface area contributed by atoms with Crippen LogP contribution in [0.15, 0.2) is 0 Å². The Balaban J connectivity index is 1.78. The molecule has 3 atom stereocenters. The van der Waals surface area contributed by atoms with Crippen LogP contribution < -0.4 is 5.32 Å². The summed E-state index contributed by atoms with van der Waals surface area (Å²) in [7, 11) is 0. The normalized spacial score (nSPS) is 35.4. The molecule has 98 valence electrons. The number of amides is 1. The second kappa shape index (κ2) is 4.97. The van der Waals surface area contributed by atoms with Crippen LogP contribution in [0.3, 0.4) is 0 Å². The molecule has 2 fully saturated rings. The maximum absolute atomic E-state index is 11.9. The Hall–Kier alpha value is -0.570. The molecule has 0 bridgehead atoms. The maximum atomic E-state index is 11.9. The van der Waals surface area contributed by atoms with Crippen molar-refractivity contribution < 1.29 is 9.90 Å². The zero-order valence-corrected chi connectivity index (χ0v) is 11.0. The predicted octanol–water partition coefficient (Wildman–Crippen LogP) is 2.09. The number of hydrogen-bond acceptors (Lipinski definition) is 2. The van der Waals surface area contributed by atoms with E-state index in [1.807, 2.05) is 6.92 Å². The van der Waals surface area contributed by atoms with Crippen LogP contribution in [-0.2, 0) is 4.79 Å². The Bertz CT molecular complexity index is 288. The van der Waals surface area contributed by atoms with Gasteiger partial charge in [-0.2, -0.15) is 0 Å². The third-order valence-electron chi connectivity index (χ3n) is 4.40. The molecule has 1 amide bonds. The maximum Gasteiger partial charge on any atom is 0.223 e. The molecule has 0 radical (unpaired) electrons. The molecule has 2 saturated carbocycles. The first kappa shape index (κ1) is 12.9. The van der Waals surface area contributed by atoms with E-state index in [0.717, 1.165) is 19.3 Å². The minimum Gasteiger partial charge on any atom is -0.388 e. The van der Waals surface area contributed by atoms with Gasteiger partial charge in [-0.15, -0.1) is 0 Å². The molecule has 0 spiro atoms. The van der Waals surface area contributed by atoms with Crippen molar-refractivity contribution in [3.8, 4) is 0 Å². The van der Waals surface area contributed by atoms with Crippen LogP contribution in [0.1, 0.15) is 52.4 Å². The van der Waals surface area contributed by atoms with Crippen molar-refractivity contribution in [2.45, 2.75) is 58.0 Å². The average Bonchev–Trinajstić information content (AvgIpc) is 3.08. The molecule has 3 unspecified atom stereocenters. The van der Waals surface area contributed by atoms with E-state index >= 15 is 0 Å². The van der Waals surface area contributed by atoms with Crippen LogP contribution in [0.2, 0.25) is 0 Å². The van der Waals surface area contributed by atoms with Gasteiger partial charge in [0.1, 0.15) is 0 Å². The summed E-state index contributed by atoms with van der Waals surface area (Å²) in [5.74, 6) is 1.42. The second-order valence-electron chi connectivity index (χ2n) is 6.27. The highest BCUT2D eigenvalue weighted by molar-refractivity contribution is 5.78. The lowest BCUT2D eigenvalue weighted by Gasteiger charge is -2.35. The summed E-state index contributed by atoms with van der Waals surface area (Å²) in [6.07, 6.45) is 6.31. The predicted molar refractivity (Wildman–Crippen MR) is 67.5 cm³/mol. The number of carbonyl (C=O) groups is 1. The number of nitrogens with one attached hydrogen (secondary N) is 1. The summed E-state index contributed by atoms with van der Waals surface area (Å²) in [5, 5.41) is 13.4. The van der Waals surface area contributed by atoms with Gasteiger partial charge in [0, 0.05) is 12.5 Å². The highest BCUT2D eigenvalue weighted by Crippen LogP contribution is 2.37. The first-order chi connectivity index (χ1) is 8.00. The van der Waals surface area contributed by atoms with Gasteiger partial charge in [-0.05, 0) is 37.5 Å². The zero-order chi connectivity index (χ0) is 12.5. The summed E-state index contributed by atoms with van der Waals surface area (Å²) in [6.45, 7) is 4.62. The fourth-order valence-electron chi connectivity index (χ4n) is 3.02. The lowest BCUT2D eigenvalue weighted by molar-refractivity contribution is -0.127. The fourth-order valence-corrected chi connectivity index (χ4v) is 3.02. The van der Waals surface area contributed by atoms with Crippen LogP contribution in [0.4, 0.5) is 0 Å². The molecule has 2 rings (SSSR count). The Morgan fingerprint density at radius 2 is 2.18 bits per heavy atom. The van der Waals surface area contributed by atoms with Gasteiger partial charge < -0.3 is 10.4 Å². The highest BCUT2D eigenvalue weighted by Gasteiger charge is 2.36. The van der Waals surface area contributed by atoms with Crippen molar-refractivity contribution in [1.82, 2.24) is 5.32 Å². The Kier molecular flexibility index (Phi) is 3.76. The Labute approximate surface area is 104 Å². The van der Waals surface area contributed by atoms with Crippen LogP contribution in [0.25, 0.3) is 0 Å². The quantitative estimate of drug-likeness (QED) is 0.789. The summed E-state index contributed by atoms with van der Waals surface area (Å²) in [6, 6.07) is 0. The Morgan fingerprint density at radius 3 is 2.76 bits per heavy atom. The van der Waals surface area contributed by atoms with Crippen LogP contribution >= 0.6 is 0 Å². The zero-order valence-electron chi connectivity index (χ0n) is 11.0. The molecular formula is C14H25NO2. The molecule has 17 heavy (non-hydrogen) atoms. The average molecular weight is 239 g/mol. The van der Waals surface area contributed by atoms with Gasteiger partial charge >= 0.3 is 0 Å². The molecular weight excluding hydrogens is 214 g/mol. The lowest BCUT2D eigenvalue weighted by Crippen LogP contribution is -2.47. The van der Waals surface area contributed by atoms with Gasteiger partial charge in [0.2, 0.25) is 5.91 Å². The summed E-state index contributed by atoms with van der Waals surface area (Å²) in [5.41, 5.74) is -0.656. The topological polar surface area (TPSA) is 49.3 Å². The van der Waals surface area contributed by atoms with Crippen LogP contribution in [0.5, 0.6) is 0 Å². The summed E-state index contributed by atoms with van der Waals surface area (Å²) >= 11 is 0. The third kappa shape index (κ3) is 3.44. The minimum atomic E-state index is -0.656. The first-order valence-electron chi connectivity index (χ1n) is 7.00. The molecule has 0 saturated heterocycles. The van der Waals surface area contributed by atoms with Crippen molar-refractivity contribution in [2.75, 3.05) is 6.54 Å². The minimum absolute atomic E-state index is 0.124. The molecule has 0 heterocycles. The van der Waals surface area contributed by atoms with Gasteiger partial charge in [0.05, 0.1) is 5.60 Å². The number of rotatable bonds is 4. The molecule has 2 aliphatic rings. The number of aliphatic hydroxyl groups is 1. The monoisotopic (exact) mass is 239 g/mol. The molecule has 2 N–H and O–H groups in total. The molecule has 2 aliphatic carbocycles. The SMILES string of the molecule is CC1CCCC(O)(CNC(=O)C(C)C2CC2)C1. The van der Waals surface area contributed by atoms with Gasteiger partial charge in [-0.25, -0.2) is 0 Å². The summed E-state index contributed by atoms with van der Waals surface area (Å²) < 4.78 is 0. The molecule has 3 heteroatoms. The van der Waals surface area contributed by atoms with E-state index in [9.17, 15) is 9.90 Å². The largest absolute Gasteiger partial charge is 0.388 e. The first-order valence-corrected chi connectivity index (χ1v) is 7.00. The van der Waals surface area contributed by atoms with Crippen molar-refractivity contribution >= 4 is 5.91 Å². The van der Waals surface area contributed by atoms with E-state index in [2.05, 4.69) is 12.2 Å². The van der Waals surface area contributed by atoms with Gasteiger partial charge in [0.15, 0.2) is 0 Å². The standard InChI is InChI=1S/C14H25NO2/c1-10-4-3-7-14(17,8-10)9-15-13(16)11(2)12-5-6-12/h10-12,17H,3-9H2,1-2H3,(H,15,16). The molecule has 3 nitrogen and oxygen atoms in total. The fraction of sp³-hybridized carbons (Fsp3) is 0.929. The number of hydrogen-bond donors (Lipinski definition) is 2. The third-order valence-corrected chi connectivity index (χ3v) is 4.40. The smallest absolute Gasteiger partial charge is 0.223 e. The number of carbonyl (C=O) groups excluding carboxylic acids is 1. The van der Waals surface area contributed by atoms with Gasteiger partial charge in [0.25, 0.3) is 0 Å². The van der Waals surface area contributed by atoms with Crippen molar-refractivity contribution in [3.05, 3.63) is 0 Å². The van der Waals surface area contributed by atoms with E-state index in [-0.39, 0.29) is 11.8 Å². The van der Waals surface area contributed by atoms with Crippen LogP contribution in [-0.4, -0.2) is 23.2 Å². The van der Waals surface area contributed by atoms with E-state index in [1.54, 1.807) is 0 Å². The Morgan fingerprint density at radius 1 is 1.47 bits per heavy atom. The molecule has 0 aromatic heterocycles. The van der Waals surface area contributed by atoms with Gasteiger partial charge in [-0.3, -0.25) is 4.79 Å². The highest BCUT2D eigenvalue weighted by atomic mass is 16.3. The van der Waals surface area contributed by atoms with Crippen LogP contribution in [0, 0.1) is 17.8 Å². The summed E-state index contributed by atoms with van der Waals surface area (Å²) in [4.78, 5) is 11.9. The van der Waals surface area contributed by atoms with Crippen molar-refractivity contribution in [3.63, 3.8) is 0 Å². The van der Waals surface area contributed by atoms with E-state index in [1.165, 1.54) is 19.3 Å². The lowest BCUT2D eigenvalue weighted by atomic mass is 9.79. The molecule has 0 aromatic carbocycles.